The van der Waals surface area contributed by atoms with E-state index in [0.717, 1.165) is 22.4 Å². The number of rotatable bonds is 5. The fraction of sp³-hybridized carbons (Fsp3) is 0.238. The van der Waals surface area contributed by atoms with Crippen LogP contribution in [-0.4, -0.2) is 26.8 Å². The molecule has 0 saturated heterocycles. The second-order valence-corrected chi connectivity index (χ2v) is 7.25. The first kappa shape index (κ1) is 20.5. The fourth-order valence-electron chi connectivity index (χ4n) is 2.86. The second kappa shape index (κ2) is 8.45. The third-order valence-electron chi connectivity index (χ3n) is 4.89. The highest BCUT2D eigenvalue weighted by molar-refractivity contribution is 6.31. The van der Waals surface area contributed by atoms with Crippen LogP contribution in [0.2, 0.25) is 5.02 Å². The highest BCUT2D eigenvalue weighted by atomic mass is 35.5. The molecule has 0 saturated carbocycles. The van der Waals surface area contributed by atoms with Gasteiger partial charge in [0.2, 0.25) is 5.91 Å². The van der Waals surface area contributed by atoms with Gasteiger partial charge in [-0.3, -0.25) is 9.59 Å². The van der Waals surface area contributed by atoms with E-state index in [2.05, 4.69) is 20.9 Å². The zero-order valence-corrected chi connectivity index (χ0v) is 17.5. The summed E-state index contributed by atoms with van der Waals surface area (Å²) in [7, 11) is 0. The predicted molar refractivity (Wildman–Crippen MR) is 113 cm³/mol. The number of nitrogens with zero attached hydrogens (tertiary/aromatic N) is 3. The molecule has 29 heavy (non-hydrogen) atoms. The van der Waals surface area contributed by atoms with Crippen LogP contribution in [0.1, 0.15) is 32.9 Å². The molecule has 150 valence electrons. The molecule has 0 aliphatic heterocycles. The van der Waals surface area contributed by atoms with Gasteiger partial charge in [-0.05, 0) is 62.6 Å². The third-order valence-corrected chi connectivity index (χ3v) is 5.30. The molecule has 2 amide bonds. The van der Waals surface area contributed by atoms with Gasteiger partial charge in [0, 0.05) is 16.4 Å². The zero-order chi connectivity index (χ0) is 21.1. The Hall–Kier alpha value is -3.19. The molecule has 3 rings (SSSR count). The van der Waals surface area contributed by atoms with Crippen molar-refractivity contribution in [2.75, 3.05) is 10.6 Å². The Balaban J connectivity index is 1.71. The minimum absolute atomic E-state index is 0.0679. The number of carbonyl (C=O) groups excluding carboxylic acids is 2. The van der Waals surface area contributed by atoms with Crippen LogP contribution in [0.4, 0.5) is 11.4 Å². The van der Waals surface area contributed by atoms with Gasteiger partial charge in [0.05, 0.1) is 5.69 Å². The van der Waals surface area contributed by atoms with Crippen molar-refractivity contribution in [1.82, 2.24) is 15.0 Å². The summed E-state index contributed by atoms with van der Waals surface area (Å²) in [6.45, 7) is 7.38. The van der Waals surface area contributed by atoms with E-state index < -0.39 is 0 Å². The van der Waals surface area contributed by atoms with Crippen LogP contribution < -0.4 is 10.6 Å². The van der Waals surface area contributed by atoms with Crippen LogP contribution in [0.5, 0.6) is 0 Å². The number of aromatic nitrogens is 3. The number of halogens is 1. The Kier molecular flexibility index (Phi) is 5.98. The summed E-state index contributed by atoms with van der Waals surface area (Å²) in [6.07, 6.45) is 0. The van der Waals surface area contributed by atoms with Crippen molar-refractivity contribution in [3.63, 3.8) is 0 Å². The molecule has 0 bridgehead atoms. The van der Waals surface area contributed by atoms with Gasteiger partial charge in [0.25, 0.3) is 5.91 Å². The number of carbonyl (C=O) groups is 2. The van der Waals surface area contributed by atoms with E-state index in [4.69, 9.17) is 11.6 Å². The highest BCUT2D eigenvalue weighted by Crippen LogP contribution is 2.23. The predicted octanol–water partition coefficient (Wildman–Crippen LogP) is 4.06. The molecule has 1 aromatic heterocycles. The van der Waals surface area contributed by atoms with E-state index in [1.54, 1.807) is 25.1 Å². The normalized spacial score (nSPS) is 10.7. The number of hydrogen-bond donors (Lipinski definition) is 2. The lowest BCUT2D eigenvalue weighted by Gasteiger charge is -2.10. The van der Waals surface area contributed by atoms with E-state index in [-0.39, 0.29) is 24.1 Å². The average Bonchev–Trinajstić information content (AvgIpc) is 3.03. The van der Waals surface area contributed by atoms with Gasteiger partial charge < -0.3 is 10.6 Å². The van der Waals surface area contributed by atoms with E-state index in [1.807, 2.05) is 39.0 Å². The number of nitrogens with one attached hydrogen (secondary N) is 2. The first-order valence-corrected chi connectivity index (χ1v) is 9.48. The standard InChI is InChI=1S/C21H22ClN5O2/c1-12-7-5-9-17(13(12)2)24-21(29)20-15(4)27(26-25-20)11-19(28)23-18-10-6-8-16(22)14(18)3/h5-10H,11H2,1-4H3,(H,23,28)(H,24,29). The van der Waals surface area contributed by atoms with Crippen LogP contribution in [0.3, 0.4) is 0 Å². The van der Waals surface area contributed by atoms with E-state index in [1.165, 1.54) is 4.68 Å². The second-order valence-electron chi connectivity index (χ2n) is 6.84. The van der Waals surface area contributed by atoms with Gasteiger partial charge in [-0.15, -0.1) is 5.10 Å². The lowest BCUT2D eigenvalue weighted by molar-refractivity contribution is -0.117. The largest absolute Gasteiger partial charge is 0.324 e. The zero-order valence-electron chi connectivity index (χ0n) is 16.7. The molecule has 2 aromatic carbocycles. The smallest absolute Gasteiger partial charge is 0.278 e. The summed E-state index contributed by atoms with van der Waals surface area (Å²) >= 11 is 6.08. The summed E-state index contributed by atoms with van der Waals surface area (Å²) in [5.74, 6) is -0.654. The molecule has 3 aromatic rings. The fourth-order valence-corrected chi connectivity index (χ4v) is 3.03. The molecule has 8 heteroatoms. The lowest BCUT2D eigenvalue weighted by Crippen LogP contribution is -2.21. The molecule has 0 radical (unpaired) electrons. The van der Waals surface area contributed by atoms with Gasteiger partial charge in [0.1, 0.15) is 6.54 Å². The SMILES string of the molecule is Cc1cccc(NC(=O)c2nnn(CC(=O)Nc3cccc(Cl)c3C)c2C)c1C. The minimum Gasteiger partial charge on any atom is -0.324 e. The van der Waals surface area contributed by atoms with Gasteiger partial charge in [-0.1, -0.05) is 35.0 Å². The quantitative estimate of drug-likeness (QED) is 0.662. The van der Waals surface area contributed by atoms with Gasteiger partial charge >= 0.3 is 0 Å². The van der Waals surface area contributed by atoms with Gasteiger partial charge in [0.15, 0.2) is 5.69 Å². The highest BCUT2D eigenvalue weighted by Gasteiger charge is 2.19. The Labute approximate surface area is 174 Å². The molecule has 0 spiro atoms. The molecule has 2 N–H and O–H groups in total. The van der Waals surface area contributed by atoms with Crippen LogP contribution in [0, 0.1) is 27.7 Å². The summed E-state index contributed by atoms with van der Waals surface area (Å²) in [6, 6.07) is 11.0. The molecular formula is C21H22ClN5O2. The van der Waals surface area contributed by atoms with Gasteiger partial charge in [-0.2, -0.15) is 0 Å². The van der Waals surface area contributed by atoms with Crippen LogP contribution in [0.15, 0.2) is 36.4 Å². The van der Waals surface area contributed by atoms with Gasteiger partial charge in [-0.25, -0.2) is 4.68 Å². The molecule has 1 heterocycles. The maximum Gasteiger partial charge on any atom is 0.278 e. The molecule has 0 aliphatic carbocycles. The molecule has 0 atom stereocenters. The molecule has 0 fully saturated rings. The van der Waals surface area contributed by atoms with Crippen molar-refractivity contribution in [2.24, 2.45) is 0 Å². The van der Waals surface area contributed by atoms with Crippen molar-refractivity contribution >= 4 is 34.8 Å². The van der Waals surface area contributed by atoms with Crippen molar-refractivity contribution in [3.05, 3.63) is 69.5 Å². The Morgan fingerprint density at radius 3 is 2.34 bits per heavy atom. The van der Waals surface area contributed by atoms with E-state index in [9.17, 15) is 9.59 Å². The number of anilines is 2. The topological polar surface area (TPSA) is 88.9 Å². The van der Waals surface area contributed by atoms with Crippen LogP contribution in [0.25, 0.3) is 0 Å². The Morgan fingerprint density at radius 2 is 1.62 bits per heavy atom. The first-order valence-electron chi connectivity index (χ1n) is 9.10. The molecule has 7 nitrogen and oxygen atoms in total. The Morgan fingerprint density at radius 1 is 0.966 bits per heavy atom. The van der Waals surface area contributed by atoms with Crippen LogP contribution in [-0.2, 0) is 11.3 Å². The number of amides is 2. The summed E-state index contributed by atoms with van der Waals surface area (Å²) < 4.78 is 1.40. The molecular weight excluding hydrogens is 390 g/mol. The van der Waals surface area contributed by atoms with E-state index in [0.29, 0.717) is 16.4 Å². The minimum atomic E-state index is -0.367. The molecule has 0 unspecified atom stereocenters. The number of aryl methyl sites for hydroxylation is 1. The van der Waals surface area contributed by atoms with Crippen molar-refractivity contribution in [2.45, 2.75) is 34.2 Å². The van der Waals surface area contributed by atoms with Crippen molar-refractivity contribution in [1.29, 1.82) is 0 Å². The maximum absolute atomic E-state index is 12.6. The van der Waals surface area contributed by atoms with E-state index >= 15 is 0 Å². The number of benzene rings is 2. The number of hydrogen-bond acceptors (Lipinski definition) is 4. The third kappa shape index (κ3) is 4.46. The summed E-state index contributed by atoms with van der Waals surface area (Å²) in [4.78, 5) is 25.0. The average molecular weight is 412 g/mol. The monoisotopic (exact) mass is 411 g/mol. The summed E-state index contributed by atoms with van der Waals surface area (Å²) in [5.41, 5.74) is 4.89. The first-order chi connectivity index (χ1) is 13.8. The molecule has 0 aliphatic rings. The lowest BCUT2D eigenvalue weighted by atomic mass is 10.1. The Bertz CT molecular complexity index is 1090. The summed E-state index contributed by atoms with van der Waals surface area (Å²) in [5, 5.41) is 14.2. The van der Waals surface area contributed by atoms with Crippen molar-refractivity contribution < 1.29 is 9.59 Å². The van der Waals surface area contributed by atoms with Crippen LogP contribution >= 0.6 is 11.6 Å². The van der Waals surface area contributed by atoms with Crippen molar-refractivity contribution in [3.8, 4) is 0 Å². The maximum atomic E-state index is 12.6.